The number of primary sulfonamides is 1. The van der Waals surface area contributed by atoms with E-state index in [1.54, 1.807) is 18.2 Å². The fourth-order valence-electron chi connectivity index (χ4n) is 3.12. The van der Waals surface area contributed by atoms with Gasteiger partial charge in [0.2, 0.25) is 10.0 Å². The summed E-state index contributed by atoms with van der Waals surface area (Å²) in [5.74, 6) is -0.455. The molecule has 0 aliphatic rings. The van der Waals surface area contributed by atoms with Gasteiger partial charge in [-0.25, -0.2) is 13.6 Å². The van der Waals surface area contributed by atoms with Crippen LogP contribution < -0.4 is 16.0 Å². The molecule has 8 heteroatoms. The number of carbonyl (C=O) groups excluding carboxylic acids is 1. The van der Waals surface area contributed by atoms with Gasteiger partial charge in [0.25, 0.3) is 11.5 Å². The molecule has 3 rings (SSSR count). The van der Waals surface area contributed by atoms with Gasteiger partial charge in [0.15, 0.2) is 0 Å². The highest BCUT2D eigenvalue weighted by Gasteiger charge is 2.13. The zero-order valence-corrected chi connectivity index (χ0v) is 16.4. The summed E-state index contributed by atoms with van der Waals surface area (Å²) in [6.07, 6.45) is 0.486. The van der Waals surface area contributed by atoms with E-state index in [1.165, 1.54) is 12.1 Å². The van der Waals surface area contributed by atoms with Crippen LogP contribution in [0.4, 0.5) is 0 Å². The molecule has 1 heterocycles. The third-order valence-corrected chi connectivity index (χ3v) is 5.42. The standard InChI is InChI=1S/C20H21N3O4S/c1-12-9-13(2)18-15(10-12)11-17(20(25)23-18)19(24)22-8-7-14-3-5-16(6-4-14)28(21,26)27/h3-6,9-11H,7-8H2,1-2H3,(H,22,24)(H,23,25)(H2,21,26,27). The fraction of sp³-hybridized carbons (Fsp3) is 0.200. The van der Waals surface area contributed by atoms with E-state index in [1.807, 2.05) is 26.0 Å². The molecule has 0 spiro atoms. The molecule has 0 radical (unpaired) electrons. The molecule has 7 nitrogen and oxygen atoms in total. The number of H-pyrrole nitrogens is 1. The van der Waals surface area contributed by atoms with Gasteiger partial charge < -0.3 is 10.3 Å². The summed E-state index contributed by atoms with van der Waals surface area (Å²) in [5, 5.41) is 8.60. The first-order valence-electron chi connectivity index (χ1n) is 8.69. The summed E-state index contributed by atoms with van der Waals surface area (Å²) in [6, 6.07) is 11.6. The Balaban J connectivity index is 1.71. The van der Waals surface area contributed by atoms with Crippen molar-refractivity contribution >= 4 is 26.8 Å². The van der Waals surface area contributed by atoms with Crippen LogP contribution in [0.1, 0.15) is 27.0 Å². The van der Waals surface area contributed by atoms with Crippen LogP contribution in [0, 0.1) is 13.8 Å². The molecule has 0 aliphatic carbocycles. The Labute approximate surface area is 162 Å². The number of rotatable bonds is 5. The lowest BCUT2D eigenvalue weighted by atomic mass is 10.1. The third-order valence-electron chi connectivity index (χ3n) is 4.49. The number of aryl methyl sites for hydroxylation is 2. The summed E-state index contributed by atoms with van der Waals surface area (Å²) in [6.45, 7) is 4.17. The molecule has 1 amide bonds. The molecule has 0 atom stereocenters. The number of carbonyl (C=O) groups is 1. The Hall–Kier alpha value is -2.97. The van der Waals surface area contributed by atoms with Crippen LogP contribution in [-0.4, -0.2) is 25.9 Å². The van der Waals surface area contributed by atoms with E-state index in [0.29, 0.717) is 13.0 Å². The molecule has 28 heavy (non-hydrogen) atoms. The predicted octanol–water partition coefficient (Wildman–Crippen LogP) is 1.76. The van der Waals surface area contributed by atoms with Gasteiger partial charge in [-0.3, -0.25) is 9.59 Å². The molecule has 1 aromatic heterocycles. The molecule has 146 valence electrons. The van der Waals surface area contributed by atoms with Gasteiger partial charge >= 0.3 is 0 Å². The van der Waals surface area contributed by atoms with Gasteiger partial charge in [-0.05, 0) is 61.0 Å². The second kappa shape index (κ2) is 7.57. The van der Waals surface area contributed by atoms with Crippen LogP contribution in [0.2, 0.25) is 0 Å². The molecular formula is C20H21N3O4S. The van der Waals surface area contributed by atoms with Crippen LogP contribution in [0.3, 0.4) is 0 Å². The monoisotopic (exact) mass is 399 g/mol. The van der Waals surface area contributed by atoms with Crippen molar-refractivity contribution in [1.29, 1.82) is 0 Å². The lowest BCUT2D eigenvalue weighted by Crippen LogP contribution is -2.31. The molecule has 0 saturated carbocycles. The van der Waals surface area contributed by atoms with Gasteiger partial charge in [-0.1, -0.05) is 23.8 Å². The number of sulfonamides is 1. The number of amides is 1. The first-order valence-corrected chi connectivity index (χ1v) is 10.2. The smallest absolute Gasteiger partial charge is 0.261 e. The van der Waals surface area contributed by atoms with Gasteiger partial charge in [-0.15, -0.1) is 0 Å². The van der Waals surface area contributed by atoms with Crippen molar-refractivity contribution in [3.63, 3.8) is 0 Å². The van der Waals surface area contributed by atoms with Crippen molar-refractivity contribution in [3.05, 3.63) is 75.1 Å². The third kappa shape index (κ3) is 4.29. The van der Waals surface area contributed by atoms with E-state index in [-0.39, 0.29) is 10.5 Å². The number of nitrogens with two attached hydrogens (primary N) is 1. The Morgan fingerprint density at radius 1 is 1.11 bits per heavy atom. The van der Waals surface area contributed by atoms with Crippen molar-refractivity contribution in [1.82, 2.24) is 10.3 Å². The molecule has 0 bridgehead atoms. The number of nitrogens with one attached hydrogen (secondary N) is 2. The van der Waals surface area contributed by atoms with Crippen LogP contribution >= 0.6 is 0 Å². The number of benzene rings is 2. The van der Waals surface area contributed by atoms with Gasteiger partial charge in [0.05, 0.1) is 10.4 Å². The minimum Gasteiger partial charge on any atom is -0.352 e. The normalized spacial score (nSPS) is 11.5. The maximum absolute atomic E-state index is 12.4. The lowest BCUT2D eigenvalue weighted by Gasteiger charge is -2.08. The maximum Gasteiger partial charge on any atom is 0.261 e. The summed E-state index contributed by atoms with van der Waals surface area (Å²) in [4.78, 5) is 27.5. The molecule has 2 aromatic carbocycles. The molecule has 0 unspecified atom stereocenters. The van der Waals surface area contributed by atoms with Gasteiger partial charge in [-0.2, -0.15) is 0 Å². The number of hydrogen-bond donors (Lipinski definition) is 3. The fourth-order valence-corrected chi connectivity index (χ4v) is 3.63. The van der Waals surface area contributed by atoms with Crippen LogP contribution in [0.15, 0.2) is 52.2 Å². The second-order valence-corrected chi connectivity index (χ2v) is 8.31. The van der Waals surface area contributed by atoms with Gasteiger partial charge in [0, 0.05) is 6.54 Å². The molecule has 0 aliphatic heterocycles. The van der Waals surface area contributed by atoms with E-state index in [2.05, 4.69) is 10.3 Å². The first-order chi connectivity index (χ1) is 13.1. The van der Waals surface area contributed by atoms with E-state index >= 15 is 0 Å². The highest BCUT2D eigenvalue weighted by atomic mass is 32.2. The second-order valence-electron chi connectivity index (χ2n) is 6.75. The average molecular weight is 399 g/mol. The Morgan fingerprint density at radius 3 is 2.43 bits per heavy atom. The minimum absolute atomic E-state index is 0.0357. The number of fused-ring (bicyclic) bond motifs is 1. The summed E-state index contributed by atoms with van der Waals surface area (Å²) < 4.78 is 22.5. The Kier molecular flexibility index (Phi) is 5.35. The number of aromatic nitrogens is 1. The molecule has 0 fully saturated rings. The Morgan fingerprint density at radius 2 is 1.79 bits per heavy atom. The predicted molar refractivity (Wildman–Crippen MR) is 108 cm³/mol. The number of pyridine rings is 1. The minimum atomic E-state index is -3.73. The van der Waals surface area contributed by atoms with Crippen molar-refractivity contribution in [3.8, 4) is 0 Å². The SMILES string of the molecule is Cc1cc(C)c2[nH]c(=O)c(C(=O)NCCc3ccc(S(N)(=O)=O)cc3)cc2c1. The summed E-state index contributed by atoms with van der Waals surface area (Å²) >= 11 is 0. The quantitative estimate of drug-likeness (QED) is 0.605. The van der Waals surface area contributed by atoms with Crippen molar-refractivity contribution < 1.29 is 13.2 Å². The maximum atomic E-state index is 12.4. The largest absolute Gasteiger partial charge is 0.352 e. The van der Waals surface area contributed by atoms with Crippen molar-refractivity contribution in [2.45, 2.75) is 25.2 Å². The van der Waals surface area contributed by atoms with E-state index < -0.39 is 21.5 Å². The molecule has 3 aromatic rings. The Bertz CT molecular complexity index is 1210. The summed E-state index contributed by atoms with van der Waals surface area (Å²) in [5.41, 5.74) is 3.18. The lowest BCUT2D eigenvalue weighted by molar-refractivity contribution is 0.0953. The zero-order valence-electron chi connectivity index (χ0n) is 15.6. The molecule has 0 saturated heterocycles. The summed E-state index contributed by atoms with van der Waals surface area (Å²) in [7, 11) is -3.73. The highest BCUT2D eigenvalue weighted by Crippen LogP contribution is 2.18. The number of hydrogen-bond acceptors (Lipinski definition) is 4. The van der Waals surface area contributed by atoms with E-state index in [9.17, 15) is 18.0 Å². The average Bonchev–Trinajstić information content (AvgIpc) is 2.61. The van der Waals surface area contributed by atoms with Crippen LogP contribution in [0.25, 0.3) is 10.9 Å². The highest BCUT2D eigenvalue weighted by molar-refractivity contribution is 7.89. The zero-order chi connectivity index (χ0) is 20.5. The van der Waals surface area contributed by atoms with E-state index in [4.69, 9.17) is 5.14 Å². The molecular weight excluding hydrogens is 378 g/mol. The number of aromatic amines is 1. The topological polar surface area (TPSA) is 122 Å². The van der Waals surface area contributed by atoms with Crippen molar-refractivity contribution in [2.75, 3.05) is 6.54 Å². The molecule has 4 N–H and O–H groups in total. The van der Waals surface area contributed by atoms with E-state index in [0.717, 1.165) is 27.6 Å². The van der Waals surface area contributed by atoms with Crippen LogP contribution in [0.5, 0.6) is 0 Å². The first kappa shape index (κ1) is 19.8. The van der Waals surface area contributed by atoms with Crippen LogP contribution in [-0.2, 0) is 16.4 Å². The van der Waals surface area contributed by atoms with Gasteiger partial charge in [0.1, 0.15) is 5.56 Å². The van der Waals surface area contributed by atoms with Crippen molar-refractivity contribution in [2.24, 2.45) is 5.14 Å².